The minimum atomic E-state index is -2.75. The molecular weight excluding hydrogens is 304 g/mol. The van der Waals surface area contributed by atoms with Gasteiger partial charge in [-0.3, -0.25) is 9.48 Å². The lowest BCUT2D eigenvalue weighted by Gasteiger charge is -2.32. The van der Waals surface area contributed by atoms with Gasteiger partial charge >= 0.3 is 0 Å². The number of nitrogens with zero attached hydrogens (tertiary/aromatic N) is 2. The summed E-state index contributed by atoms with van der Waals surface area (Å²) in [5.41, 5.74) is 0.381. The first-order valence-corrected chi connectivity index (χ1v) is 8.14. The minimum Gasteiger partial charge on any atom is -0.341 e. The van der Waals surface area contributed by atoms with Gasteiger partial charge in [0.1, 0.15) is 12.0 Å². The topological polar surface area (TPSA) is 64.0 Å². The molecule has 2 atom stereocenters. The molecule has 2 saturated carbocycles. The smallest absolute Gasteiger partial charge is 0.270 e. The van der Waals surface area contributed by atoms with E-state index in [0.29, 0.717) is 37.3 Å². The van der Waals surface area contributed by atoms with Crippen molar-refractivity contribution in [3.05, 3.63) is 18.0 Å². The molecule has 0 saturated heterocycles. The number of alkyl halides is 2. The molecule has 1 N–H and O–H groups in total. The van der Waals surface area contributed by atoms with Crippen molar-refractivity contribution in [3.63, 3.8) is 0 Å². The van der Waals surface area contributed by atoms with Crippen LogP contribution in [0.15, 0.2) is 12.3 Å². The lowest BCUT2D eigenvalue weighted by molar-refractivity contribution is -0.113. The van der Waals surface area contributed by atoms with Gasteiger partial charge in [-0.2, -0.15) is 5.10 Å². The molecule has 0 aliphatic heterocycles. The second-order valence-corrected chi connectivity index (χ2v) is 6.69. The van der Waals surface area contributed by atoms with Gasteiger partial charge in [-0.1, -0.05) is 0 Å². The third-order valence-electron chi connectivity index (χ3n) is 4.71. The molecule has 0 radical (unpaired) electrons. The fourth-order valence-electron chi connectivity index (χ4n) is 3.22. The maximum Gasteiger partial charge on any atom is 0.270 e. The number of hydrogen-bond acceptors (Lipinski definition) is 3. The fraction of sp³-hybridized carbons (Fsp3) is 0.688. The first-order chi connectivity index (χ1) is 11.0. The number of aromatic nitrogens is 2. The van der Waals surface area contributed by atoms with Crippen LogP contribution in [0.3, 0.4) is 0 Å². The molecule has 2 aliphatic carbocycles. The maximum absolute atomic E-state index is 13.5. The molecule has 5 nitrogen and oxygen atoms in total. The van der Waals surface area contributed by atoms with Gasteiger partial charge in [0, 0.05) is 25.6 Å². The third kappa shape index (κ3) is 3.95. The summed E-state index contributed by atoms with van der Waals surface area (Å²) in [5, 5.41) is 6.74. The zero-order valence-electron chi connectivity index (χ0n) is 12.9. The molecule has 0 spiro atoms. The maximum atomic E-state index is 13.5. The van der Waals surface area contributed by atoms with Gasteiger partial charge in [0.05, 0.1) is 6.04 Å². The van der Waals surface area contributed by atoms with Crippen LogP contribution in [0.25, 0.3) is 0 Å². The predicted molar refractivity (Wildman–Crippen MR) is 79.2 cm³/mol. The molecule has 3 rings (SSSR count). The van der Waals surface area contributed by atoms with E-state index in [1.165, 1.54) is 0 Å². The fourth-order valence-corrected chi connectivity index (χ4v) is 3.22. The van der Waals surface area contributed by atoms with E-state index in [1.54, 1.807) is 16.9 Å². The Morgan fingerprint density at radius 3 is 2.91 bits per heavy atom. The monoisotopic (exact) mass is 325 g/mol. The number of carbonyl (C=O) groups is 2. The highest BCUT2D eigenvalue weighted by molar-refractivity contribution is 5.94. The van der Waals surface area contributed by atoms with Gasteiger partial charge in [0.2, 0.25) is 5.92 Å². The number of hydrogen-bond donors (Lipinski definition) is 1. The summed E-state index contributed by atoms with van der Waals surface area (Å²) in [7, 11) is 0. The zero-order valence-corrected chi connectivity index (χ0v) is 12.9. The van der Waals surface area contributed by atoms with Crippen LogP contribution >= 0.6 is 0 Å². The van der Waals surface area contributed by atoms with E-state index >= 15 is 0 Å². The summed E-state index contributed by atoms with van der Waals surface area (Å²) in [6.07, 6.45) is 4.80. The molecular formula is C16H21F2N3O2. The average Bonchev–Trinajstić information content (AvgIpc) is 3.19. The molecule has 1 amide bonds. The zero-order chi connectivity index (χ0) is 16.4. The van der Waals surface area contributed by atoms with Crippen molar-refractivity contribution in [2.75, 3.05) is 0 Å². The van der Waals surface area contributed by atoms with Crippen LogP contribution in [0.4, 0.5) is 8.78 Å². The Morgan fingerprint density at radius 2 is 2.26 bits per heavy atom. The molecule has 126 valence electrons. The van der Waals surface area contributed by atoms with Gasteiger partial charge in [0.25, 0.3) is 5.91 Å². The Balaban J connectivity index is 1.65. The van der Waals surface area contributed by atoms with Crippen molar-refractivity contribution in [3.8, 4) is 0 Å². The minimum absolute atomic E-state index is 0.142. The van der Waals surface area contributed by atoms with Crippen LogP contribution in [-0.2, 0) is 11.3 Å². The van der Waals surface area contributed by atoms with Gasteiger partial charge in [-0.05, 0) is 43.6 Å². The first-order valence-electron chi connectivity index (χ1n) is 8.14. The van der Waals surface area contributed by atoms with E-state index in [2.05, 4.69) is 10.4 Å². The highest BCUT2D eigenvalue weighted by Gasteiger charge is 2.40. The molecule has 23 heavy (non-hydrogen) atoms. The number of nitrogens with one attached hydrogen (secondary N) is 1. The van der Waals surface area contributed by atoms with Crippen LogP contribution in [0.5, 0.6) is 0 Å². The van der Waals surface area contributed by atoms with E-state index < -0.39 is 23.8 Å². The summed E-state index contributed by atoms with van der Waals surface area (Å²) in [4.78, 5) is 23.7. The van der Waals surface area contributed by atoms with E-state index in [0.717, 1.165) is 12.8 Å². The third-order valence-corrected chi connectivity index (χ3v) is 4.71. The average molecular weight is 325 g/mol. The van der Waals surface area contributed by atoms with Gasteiger partial charge in [-0.15, -0.1) is 0 Å². The normalized spacial score (nSPS) is 24.9. The van der Waals surface area contributed by atoms with Crippen LogP contribution in [0.2, 0.25) is 0 Å². The Bertz CT molecular complexity index is 584. The SMILES string of the molecule is O=CC(NC(=O)c1ccnn1CC1CC1)C1CCCC(F)(F)C1. The molecule has 0 aromatic carbocycles. The van der Waals surface area contributed by atoms with Crippen LogP contribution in [0, 0.1) is 11.8 Å². The molecule has 2 unspecified atom stereocenters. The Morgan fingerprint density at radius 1 is 1.48 bits per heavy atom. The lowest BCUT2D eigenvalue weighted by Crippen LogP contribution is -2.45. The van der Waals surface area contributed by atoms with Crippen molar-refractivity contribution >= 4 is 12.2 Å². The van der Waals surface area contributed by atoms with Crippen molar-refractivity contribution < 1.29 is 18.4 Å². The molecule has 0 bridgehead atoms. The van der Waals surface area contributed by atoms with Crippen LogP contribution in [-0.4, -0.2) is 33.9 Å². The second kappa shape index (κ2) is 6.37. The van der Waals surface area contributed by atoms with Crippen molar-refractivity contribution in [2.45, 2.75) is 57.0 Å². The molecule has 2 aliphatic rings. The number of carbonyl (C=O) groups excluding carboxylic acids is 2. The Labute approximate surface area is 133 Å². The van der Waals surface area contributed by atoms with Gasteiger partial charge in [0.15, 0.2) is 0 Å². The molecule has 1 heterocycles. The van der Waals surface area contributed by atoms with E-state index in [4.69, 9.17) is 0 Å². The highest BCUT2D eigenvalue weighted by Crippen LogP contribution is 2.37. The number of halogens is 2. The summed E-state index contributed by atoms with van der Waals surface area (Å²) < 4.78 is 28.7. The standard InChI is InChI=1S/C16H21F2N3O2/c17-16(18)6-1-2-12(8-16)13(10-22)20-15(23)14-5-7-19-21(14)9-11-3-4-11/h5,7,10-13H,1-4,6,8-9H2,(H,20,23). The molecule has 1 aromatic heterocycles. The van der Waals surface area contributed by atoms with Crippen molar-refractivity contribution in [1.82, 2.24) is 15.1 Å². The quantitative estimate of drug-likeness (QED) is 0.817. The molecule has 1 aromatic rings. The Hall–Kier alpha value is -1.79. The second-order valence-electron chi connectivity index (χ2n) is 6.69. The number of aldehydes is 1. The lowest BCUT2D eigenvalue weighted by atomic mass is 9.82. The summed E-state index contributed by atoms with van der Waals surface area (Å²) >= 11 is 0. The number of amides is 1. The Kier molecular flexibility index (Phi) is 4.46. The van der Waals surface area contributed by atoms with Crippen molar-refractivity contribution in [2.24, 2.45) is 11.8 Å². The first kappa shape index (κ1) is 16.1. The van der Waals surface area contributed by atoms with Gasteiger partial charge in [-0.25, -0.2) is 8.78 Å². The largest absolute Gasteiger partial charge is 0.341 e. The van der Waals surface area contributed by atoms with Crippen molar-refractivity contribution in [1.29, 1.82) is 0 Å². The molecule has 2 fully saturated rings. The summed E-state index contributed by atoms with van der Waals surface area (Å²) in [6, 6.07) is 0.715. The summed E-state index contributed by atoms with van der Waals surface area (Å²) in [6.45, 7) is 0.684. The predicted octanol–water partition coefficient (Wildman–Crippen LogP) is 2.42. The molecule has 7 heteroatoms. The van der Waals surface area contributed by atoms with Crippen LogP contribution < -0.4 is 5.32 Å². The van der Waals surface area contributed by atoms with E-state index in [-0.39, 0.29) is 12.8 Å². The number of rotatable bonds is 6. The van der Waals surface area contributed by atoms with E-state index in [9.17, 15) is 18.4 Å². The highest BCUT2D eigenvalue weighted by atomic mass is 19.3. The summed E-state index contributed by atoms with van der Waals surface area (Å²) in [5.74, 6) is -3.13. The van der Waals surface area contributed by atoms with Gasteiger partial charge < -0.3 is 10.1 Å². The van der Waals surface area contributed by atoms with E-state index in [1.807, 2.05) is 0 Å². The van der Waals surface area contributed by atoms with Crippen LogP contribution in [0.1, 0.15) is 49.0 Å².